The Hall–Kier alpha value is -4.52. The molecule has 1 unspecified atom stereocenters. The minimum absolute atomic E-state index is 0.0940. The van der Waals surface area contributed by atoms with E-state index in [0.29, 0.717) is 28.1 Å². The lowest BCUT2D eigenvalue weighted by molar-refractivity contribution is -0.0915. The minimum Gasteiger partial charge on any atom is -0.497 e. The van der Waals surface area contributed by atoms with Crippen LogP contribution in [0.4, 0.5) is 5.82 Å². The summed E-state index contributed by atoms with van der Waals surface area (Å²) in [4.78, 5) is 20.2. The second-order valence-corrected chi connectivity index (χ2v) is 16.8. The van der Waals surface area contributed by atoms with Gasteiger partial charge in [-0.3, -0.25) is 4.57 Å². The summed E-state index contributed by atoms with van der Waals surface area (Å²) in [6.07, 6.45) is 2.08. The number of hydrogen-bond acceptors (Lipinski definition) is 12. The Labute approximate surface area is 356 Å². The highest BCUT2D eigenvalue weighted by atomic mass is 79.9. The van der Waals surface area contributed by atoms with Crippen LogP contribution in [-0.2, 0) is 24.1 Å². The van der Waals surface area contributed by atoms with Crippen LogP contribution >= 0.6 is 24.5 Å². The highest BCUT2D eigenvalue weighted by Gasteiger charge is 2.45. The number of methoxy groups -OCH3 is 2. The highest BCUT2D eigenvalue weighted by Crippen LogP contribution is 2.51. The summed E-state index contributed by atoms with van der Waals surface area (Å²) in [6.45, 7) is 8.80. The maximum atomic E-state index is 9.42. The Balaban J connectivity index is 1.46. The van der Waals surface area contributed by atoms with Crippen LogP contribution in [-0.4, -0.2) is 101 Å². The Morgan fingerprint density at radius 3 is 2.12 bits per heavy atom. The van der Waals surface area contributed by atoms with Gasteiger partial charge in [-0.05, 0) is 84.6 Å². The van der Waals surface area contributed by atoms with Gasteiger partial charge in [-0.1, -0.05) is 54.6 Å². The van der Waals surface area contributed by atoms with Crippen molar-refractivity contribution in [1.82, 2.24) is 29.1 Å². The third-order valence-electron chi connectivity index (χ3n) is 9.82. The van der Waals surface area contributed by atoms with Crippen molar-refractivity contribution in [2.24, 2.45) is 4.99 Å². The van der Waals surface area contributed by atoms with Crippen molar-refractivity contribution in [2.75, 3.05) is 41.5 Å². The molecule has 5 aromatic rings. The first-order chi connectivity index (χ1) is 28.5. The third kappa shape index (κ3) is 9.93. The van der Waals surface area contributed by atoms with E-state index in [1.807, 2.05) is 90.3 Å². The molecular formula is C43H52BrN8O6P. The van der Waals surface area contributed by atoms with E-state index in [2.05, 4.69) is 81.5 Å². The van der Waals surface area contributed by atoms with E-state index in [1.54, 1.807) is 20.6 Å². The lowest BCUT2D eigenvalue weighted by Gasteiger charge is -2.39. The predicted octanol–water partition coefficient (Wildman–Crippen LogP) is 8.78. The van der Waals surface area contributed by atoms with Crippen LogP contribution in [0, 0.1) is 11.3 Å². The summed E-state index contributed by atoms with van der Waals surface area (Å²) >= 11 is 3.70. The molecule has 0 saturated carbocycles. The van der Waals surface area contributed by atoms with Crippen LogP contribution in [0.3, 0.4) is 0 Å². The predicted molar refractivity (Wildman–Crippen MR) is 232 cm³/mol. The minimum atomic E-state index is -1.64. The van der Waals surface area contributed by atoms with E-state index in [9.17, 15) is 5.26 Å². The normalized spacial score (nSPS) is 17.6. The van der Waals surface area contributed by atoms with Gasteiger partial charge in [0.1, 0.15) is 35.8 Å². The van der Waals surface area contributed by atoms with Crippen molar-refractivity contribution in [3.05, 3.63) is 107 Å². The molecule has 1 aliphatic heterocycles. The fourth-order valence-corrected chi connectivity index (χ4v) is 9.53. The molecule has 4 atom stereocenters. The zero-order valence-electron chi connectivity index (χ0n) is 34.7. The van der Waals surface area contributed by atoms with Crippen LogP contribution in [0.5, 0.6) is 11.5 Å². The number of nitriles is 1. The maximum Gasteiger partial charge on any atom is 0.259 e. The molecule has 0 amide bonds. The van der Waals surface area contributed by atoms with Crippen molar-refractivity contribution in [3.8, 4) is 17.6 Å². The average Bonchev–Trinajstić information content (AvgIpc) is 3.79. The van der Waals surface area contributed by atoms with Crippen LogP contribution in [0.1, 0.15) is 63.5 Å². The van der Waals surface area contributed by atoms with Gasteiger partial charge < -0.3 is 32.9 Å². The van der Waals surface area contributed by atoms with E-state index in [4.69, 9.17) is 33.0 Å². The van der Waals surface area contributed by atoms with E-state index < -0.39 is 32.6 Å². The standard InChI is InChI=1S/C43H52BrN8O6P/c1-29(2)52(30(3)4)59(56-24-12-23-45)58-36-25-38(51-41-39(49-42(51)44)40(46-27-47-41)48-28-50(5)6)57-37(36)26-55-43(31-13-10-9-11-14-31,32-15-19-34(53-7)20-16-32)33-17-21-35(54-8)22-18-33/h9-11,13-22,27-30,36-38H,12,24-26H2,1-8H3/t36-,37+,38+,59?/m0/s1. The molecule has 1 saturated heterocycles. The quantitative estimate of drug-likeness (QED) is 0.0195. The number of hydrogen-bond donors (Lipinski definition) is 0. The smallest absolute Gasteiger partial charge is 0.259 e. The second-order valence-electron chi connectivity index (χ2n) is 14.7. The van der Waals surface area contributed by atoms with E-state index >= 15 is 0 Å². The Morgan fingerprint density at radius 2 is 1.56 bits per heavy atom. The lowest BCUT2D eigenvalue weighted by Crippen LogP contribution is -2.39. The van der Waals surface area contributed by atoms with Gasteiger partial charge in [-0.15, -0.1) is 0 Å². The fraction of sp³-hybridized carbons (Fsp3) is 0.419. The number of fused-ring (bicyclic) bond motifs is 1. The molecule has 0 N–H and O–H groups in total. The molecule has 312 valence electrons. The molecule has 3 aromatic carbocycles. The van der Waals surface area contributed by atoms with Crippen molar-refractivity contribution in [2.45, 2.75) is 76.7 Å². The number of aliphatic imine (C=N–C) groups is 1. The summed E-state index contributed by atoms with van der Waals surface area (Å²) in [5, 5.41) is 9.42. The molecule has 3 heterocycles. The van der Waals surface area contributed by atoms with Crippen molar-refractivity contribution < 1.29 is 28.0 Å². The van der Waals surface area contributed by atoms with Gasteiger partial charge in [0.2, 0.25) is 0 Å². The fourth-order valence-electron chi connectivity index (χ4n) is 7.20. The van der Waals surface area contributed by atoms with Crippen LogP contribution in [0.25, 0.3) is 11.2 Å². The van der Waals surface area contributed by atoms with Crippen LogP contribution < -0.4 is 9.47 Å². The Kier molecular flexibility index (Phi) is 15.0. The van der Waals surface area contributed by atoms with Crippen molar-refractivity contribution in [3.63, 3.8) is 0 Å². The van der Waals surface area contributed by atoms with Gasteiger partial charge in [-0.2, -0.15) is 5.26 Å². The summed E-state index contributed by atoms with van der Waals surface area (Å²) in [5.74, 6) is 1.88. The zero-order chi connectivity index (χ0) is 42.1. The van der Waals surface area contributed by atoms with Gasteiger partial charge in [-0.25, -0.2) is 24.6 Å². The van der Waals surface area contributed by atoms with Gasteiger partial charge in [0.25, 0.3) is 8.53 Å². The molecule has 0 bridgehead atoms. The van der Waals surface area contributed by atoms with Crippen LogP contribution in [0.2, 0.25) is 0 Å². The summed E-state index contributed by atoms with van der Waals surface area (Å²) < 4.78 is 43.7. The molecule has 0 radical (unpaired) electrons. The van der Waals surface area contributed by atoms with E-state index in [0.717, 1.165) is 28.2 Å². The molecule has 14 nitrogen and oxygen atoms in total. The first-order valence-electron chi connectivity index (χ1n) is 19.5. The third-order valence-corrected chi connectivity index (χ3v) is 12.5. The molecule has 0 aliphatic carbocycles. The monoisotopic (exact) mass is 886 g/mol. The number of nitrogens with zero attached hydrogens (tertiary/aromatic N) is 8. The Morgan fingerprint density at radius 1 is 0.949 bits per heavy atom. The summed E-state index contributed by atoms with van der Waals surface area (Å²) in [7, 11) is 5.44. The van der Waals surface area contributed by atoms with Gasteiger partial charge in [0.05, 0.1) is 52.4 Å². The average molecular weight is 888 g/mol. The molecular weight excluding hydrogens is 835 g/mol. The molecule has 0 spiro atoms. The van der Waals surface area contributed by atoms with Crippen molar-refractivity contribution in [1.29, 1.82) is 5.26 Å². The lowest BCUT2D eigenvalue weighted by atomic mass is 9.80. The number of benzene rings is 3. The van der Waals surface area contributed by atoms with E-state index in [-0.39, 0.29) is 31.7 Å². The topological polar surface area (TPSA) is 142 Å². The first kappa shape index (κ1) is 44.0. The van der Waals surface area contributed by atoms with E-state index in [1.165, 1.54) is 6.33 Å². The molecule has 2 aromatic heterocycles. The molecule has 1 aliphatic rings. The first-order valence-corrected chi connectivity index (χ1v) is 21.4. The zero-order valence-corrected chi connectivity index (χ0v) is 37.2. The molecule has 1 fully saturated rings. The number of halogens is 1. The SMILES string of the molecule is COc1ccc(C(OC[C@H]2O[C@@H](n3c(Br)nc4c(N=CN(C)C)ncnc43)C[C@@H]2OP(OCCC#N)N(C(C)C)C(C)C)(c2ccccc2)c2ccc(OC)cc2)cc1. The largest absolute Gasteiger partial charge is 0.497 e. The number of imidazole rings is 1. The Bertz CT molecular complexity index is 2130. The number of aromatic nitrogens is 4. The summed E-state index contributed by atoms with van der Waals surface area (Å²) in [5.41, 5.74) is 2.67. The number of rotatable bonds is 19. The van der Waals surface area contributed by atoms with Gasteiger partial charge in [0, 0.05) is 32.6 Å². The van der Waals surface area contributed by atoms with Crippen LogP contribution in [0.15, 0.2) is 94.9 Å². The molecule has 16 heteroatoms. The second kappa shape index (κ2) is 20.2. The molecule has 59 heavy (non-hydrogen) atoms. The number of ether oxygens (including phenoxy) is 4. The summed E-state index contributed by atoms with van der Waals surface area (Å²) in [6, 6.07) is 28.4. The van der Waals surface area contributed by atoms with Gasteiger partial charge in [0.15, 0.2) is 21.7 Å². The van der Waals surface area contributed by atoms with Gasteiger partial charge >= 0.3 is 0 Å². The maximum absolute atomic E-state index is 9.42. The van der Waals surface area contributed by atoms with Crippen molar-refractivity contribution >= 4 is 47.8 Å². The molecule has 6 rings (SSSR count). The highest BCUT2D eigenvalue weighted by molar-refractivity contribution is 9.10.